The lowest BCUT2D eigenvalue weighted by atomic mass is 9.48. The van der Waals surface area contributed by atoms with Gasteiger partial charge in [0.1, 0.15) is 5.76 Å². The first-order chi connectivity index (χ1) is 10.6. The quantitative estimate of drug-likeness (QED) is 0.895. The van der Waals surface area contributed by atoms with E-state index < -0.39 is 0 Å². The van der Waals surface area contributed by atoms with E-state index in [0.29, 0.717) is 24.3 Å². The lowest BCUT2D eigenvalue weighted by Crippen LogP contribution is -2.55. The molecule has 3 nitrogen and oxygen atoms in total. The molecule has 4 aliphatic carbocycles. The SMILES string of the molecule is CC(NC(=O)CCc1ccco1)C12CC3CC(CC(C3)C1)C2. The number of aryl methyl sites for hydroxylation is 1. The first kappa shape index (κ1) is 14.3. The Kier molecular flexibility index (Phi) is 3.54. The maximum absolute atomic E-state index is 12.3. The van der Waals surface area contributed by atoms with Crippen molar-refractivity contribution in [1.29, 1.82) is 0 Å². The van der Waals surface area contributed by atoms with Crippen LogP contribution in [-0.4, -0.2) is 11.9 Å². The molecular weight excluding hydrogens is 274 g/mol. The third-order valence-corrected chi connectivity index (χ3v) is 6.56. The van der Waals surface area contributed by atoms with Gasteiger partial charge in [-0.3, -0.25) is 4.79 Å². The monoisotopic (exact) mass is 301 g/mol. The number of carbonyl (C=O) groups excluding carboxylic acids is 1. The molecular formula is C19H27NO2. The highest BCUT2D eigenvalue weighted by Gasteiger charge is 2.53. The zero-order valence-corrected chi connectivity index (χ0v) is 13.5. The highest BCUT2D eigenvalue weighted by molar-refractivity contribution is 5.76. The van der Waals surface area contributed by atoms with Gasteiger partial charge in [-0.05, 0) is 80.8 Å². The average molecular weight is 301 g/mol. The van der Waals surface area contributed by atoms with Crippen LogP contribution in [0.5, 0.6) is 0 Å². The zero-order chi connectivity index (χ0) is 15.2. The van der Waals surface area contributed by atoms with Crippen LogP contribution in [0.1, 0.15) is 57.6 Å². The molecule has 1 N–H and O–H groups in total. The molecule has 4 bridgehead atoms. The fraction of sp³-hybridized carbons (Fsp3) is 0.737. The van der Waals surface area contributed by atoms with Gasteiger partial charge in [-0.15, -0.1) is 0 Å². The van der Waals surface area contributed by atoms with Crippen molar-refractivity contribution in [1.82, 2.24) is 5.32 Å². The minimum absolute atomic E-state index is 0.180. The van der Waals surface area contributed by atoms with Crippen molar-refractivity contribution >= 4 is 5.91 Å². The topological polar surface area (TPSA) is 42.2 Å². The Morgan fingerprint density at radius 3 is 2.45 bits per heavy atom. The summed E-state index contributed by atoms with van der Waals surface area (Å²) in [5.41, 5.74) is 0.398. The molecule has 4 fully saturated rings. The Morgan fingerprint density at radius 2 is 1.91 bits per heavy atom. The van der Waals surface area contributed by atoms with Gasteiger partial charge < -0.3 is 9.73 Å². The normalized spacial score (nSPS) is 37.2. The summed E-state index contributed by atoms with van der Waals surface area (Å²) in [6.07, 6.45) is 11.3. The number of furan rings is 1. The third kappa shape index (κ3) is 2.59. The van der Waals surface area contributed by atoms with Crippen LogP contribution in [0.2, 0.25) is 0 Å². The van der Waals surface area contributed by atoms with Crippen LogP contribution >= 0.6 is 0 Å². The van der Waals surface area contributed by atoms with E-state index in [0.717, 1.165) is 23.5 Å². The molecule has 1 atom stereocenters. The third-order valence-electron chi connectivity index (χ3n) is 6.56. The van der Waals surface area contributed by atoms with Crippen molar-refractivity contribution in [2.24, 2.45) is 23.2 Å². The van der Waals surface area contributed by atoms with Gasteiger partial charge in [-0.2, -0.15) is 0 Å². The summed E-state index contributed by atoms with van der Waals surface area (Å²) in [7, 11) is 0. The predicted octanol–water partition coefficient (Wildman–Crippen LogP) is 3.93. The van der Waals surface area contributed by atoms with Gasteiger partial charge in [0.2, 0.25) is 5.91 Å². The second-order valence-electron chi connectivity index (χ2n) is 8.15. The lowest BCUT2D eigenvalue weighted by Gasteiger charge is -2.59. The first-order valence-electron chi connectivity index (χ1n) is 8.95. The minimum Gasteiger partial charge on any atom is -0.469 e. The van der Waals surface area contributed by atoms with E-state index in [2.05, 4.69) is 12.2 Å². The molecule has 1 amide bonds. The van der Waals surface area contributed by atoms with Crippen molar-refractivity contribution < 1.29 is 9.21 Å². The summed E-state index contributed by atoms with van der Waals surface area (Å²) in [5, 5.41) is 3.32. The van der Waals surface area contributed by atoms with Crippen LogP contribution < -0.4 is 5.32 Å². The first-order valence-corrected chi connectivity index (χ1v) is 8.95. The van der Waals surface area contributed by atoms with E-state index in [1.807, 2.05) is 12.1 Å². The van der Waals surface area contributed by atoms with Gasteiger partial charge >= 0.3 is 0 Å². The van der Waals surface area contributed by atoms with Gasteiger partial charge in [0.15, 0.2) is 0 Å². The number of carbonyl (C=O) groups is 1. The molecule has 0 saturated heterocycles. The summed E-state index contributed by atoms with van der Waals surface area (Å²) in [6.45, 7) is 2.25. The van der Waals surface area contributed by atoms with E-state index >= 15 is 0 Å². The molecule has 1 unspecified atom stereocenters. The van der Waals surface area contributed by atoms with Crippen molar-refractivity contribution in [2.45, 2.75) is 64.3 Å². The number of nitrogens with one attached hydrogen (secondary N) is 1. The van der Waals surface area contributed by atoms with E-state index in [9.17, 15) is 4.79 Å². The summed E-state index contributed by atoms with van der Waals surface area (Å²) in [4.78, 5) is 12.3. The van der Waals surface area contributed by atoms with Crippen LogP contribution in [0.4, 0.5) is 0 Å². The molecule has 1 aromatic heterocycles. The second kappa shape index (κ2) is 5.43. The van der Waals surface area contributed by atoms with Gasteiger partial charge in [-0.1, -0.05) is 0 Å². The van der Waals surface area contributed by atoms with Crippen LogP contribution in [0, 0.1) is 23.2 Å². The molecule has 0 radical (unpaired) electrons. The molecule has 22 heavy (non-hydrogen) atoms. The molecule has 1 heterocycles. The Labute approximate surface area is 132 Å². The molecule has 0 aliphatic heterocycles. The molecule has 120 valence electrons. The van der Waals surface area contributed by atoms with Crippen LogP contribution in [0.25, 0.3) is 0 Å². The maximum atomic E-state index is 12.3. The Hall–Kier alpha value is -1.25. The molecule has 4 aliphatic rings. The van der Waals surface area contributed by atoms with Crippen LogP contribution in [0.15, 0.2) is 22.8 Å². The van der Waals surface area contributed by atoms with E-state index in [4.69, 9.17) is 4.42 Å². The predicted molar refractivity (Wildman–Crippen MR) is 85.2 cm³/mol. The van der Waals surface area contributed by atoms with Crippen molar-refractivity contribution in [3.05, 3.63) is 24.2 Å². The standard InChI is InChI=1S/C19H27NO2/c1-13(20-18(21)5-4-17-3-2-6-22-17)19-10-14-7-15(11-19)9-16(8-14)12-19/h2-3,6,13-16H,4-5,7-12H2,1H3,(H,20,21). The van der Waals surface area contributed by atoms with Gasteiger partial charge in [0.05, 0.1) is 6.26 Å². The molecule has 1 aromatic rings. The van der Waals surface area contributed by atoms with Crippen LogP contribution in [-0.2, 0) is 11.2 Å². The minimum atomic E-state index is 0.180. The number of hydrogen-bond acceptors (Lipinski definition) is 2. The van der Waals surface area contributed by atoms with E-state index in [-0.39, 0.29) is 5.91 Å². The van der Waals surface area contributed by atoms with Crippen molar-refractivity contribution in [3.63, 3.8) is 0 Å². The average Bonchev–Trinajstić information content (AvgIpc) is 2.97. The molecule has 4 saturated carbocycles. The lowest BCUT2D eigenvalue weighted by molar-refractivity contribution is -0.125. The number of hydrogen-bond donors (Lipinski definition) is 1. The maximum Gasteiger partial charge on any atom is 0.220 e. The number of rotatable bonds is 5. The summed E-state index contributed by atoms with van der Waals surface area (Å²) >= 11 is 0. The van der Waals surface area contributed by atoms with Crippen molar-refractivity contribution in [2.75, 3.05) is 0 Å². The Bertz CT molecular complexity index is 498. The molecule has 0 aromatic carbocycles. The molecule has 0 spiro atoms. The van der Waals surface area contributed by atoms with Crippen LogP contribution in [0.3, 0.4) is 0 Å². The largest absolute Gasteiger partial charge is 0.469 e. The number of amides is 1. The smallest absolute Gasteiger partial charge is 0.220 e. The fourth-order valence-electron chi connectivity index (χ4n) is 5.87. The summed E-state index contributed by atoms with van der Waals surface area (Å²) in [6, 6.07) is 4.14. The zero-order valence-electron chi connectivity index (χ0n) is 13.5. The van der Waals surface area contributed by atoms with Gasteiger partial charge in [0, 0.05) is 18.9 Å². The van der Waals surface area contributed by atoms with E-state index in [1.54, 1.807) is 6.26 Å². The second-order valence-corrected chi connectivity index (χ2v) is 8.15. The van der Waals surface area contributed by atoms with Gasteiger partial charge in [0.25, 0.3) is 0 Å². The highest BCUT2D eigenvalue weighted by atomic mass is 16.3. The summed E-state index contributed by atoms with van der Waals surface area (Å²) in [5.74, 6) is 3.90. The Morgan fingerprint density at radius 1 is 1.27 bits per heavy atom. The highest BCUT2D eigenvalue weighted by Crippen LogP contribution is 2.61. The Balaban J connectivity index is 1.35. The molecule has 5 rings (SSSR count). The summed E-state index contributed by atoms with van der Waals surface area (Å²) < 4.78 is 5.31. The van der Waals surface area contributed by atoms with Crippen molar-refractivity contribution in [3.8, 4) is 0 Å². The fourth-order valence-corrected chi connectivity index (χ4v) is 5.87. The molecule has 3 heteroatoms. The van der Waals surface area contributed by atoms with Gasteiger partial charge in [-0.25, -0.2) is 0 Å². The van der Waals surface area contributed by atoms with E-state index in [1.165, 1.54) is 38.5 Å².